The number of carbonyl (C=O) groups is 2. The maximum atomic E-state index is 12.4. The smallest absolute Gasteiger partial charge is 0.529 e. The molecule has 0 radical (unpaired) electrons. The van der Waals surface area contributed by atoms with Crippen LogP contribution >= 0.6 is 0 Å². The van der Waals surface area contributed by atoms with Crippen molar-refractivity contribution in [2.75, 3.05) is 23.9 Å². The second kappa shape index (κ2) is 9.36. The van der Waals surface area contributed by atoms with Gasteiger partial charge in [-0.05, 0) is 62.1 Å². The van der Waals surface area contributed by atoms with Gasteiger partial charge in [-0.15, -0.1) is 0 Å². The number of rotatable bonds is 8. The van der Waals surface area contributed by atoms with E-state index >= 15 is 0 Å². The summed E-state index contributed by atoms with van der Waals surface area (Å²) in [4.78, 5) is 27.7. The first-order valence-corrected chi connectivity index (χ1v) is 12.2. The number of ether oxygens (including phenoxy) is 2. The van der Waals surface area contributed by atoms with E-state index in [2.05, 4.69) is 0 Å². The zero-order valence-electron chi connectivity index (χ0n) is 21.3. The lowest BCUT2D eigenvalue weighted by Crippen LogP contribution is -2.43. The number of anilines is 2. The number of carbonyl (C=O) groups excluding carboxylic acids is 2. The first-order chi connectivity index (χ1) is 16.7. The van der Waals surface area contributed by atoms with Gasteiger partial charge in [-0.25, -0.2) is 9.59 Å². The Morgan fingerprint density at radius 2 is 1.09 bits per heavy atom. The minimum Gasteiger partial charge on any atom is -0.529 e. The molecule has 0 aliphatic carbocycles. The molecule has 9 heteroatoms. The van der Waals surface area contributed by atoms with E-state index in [4.69, 9.17) is 18.8 Å². The summed E-state index contributed by atoms with van der Waals surface area (Å²) in [5.74, 6) is 1.26. The molecule has 2 heterocycles. The van der Waals surface area contributed by atoms with Gasteiger partial charge in [0.15, 0.2) is 0 Å². The molecule has 8 nitrogen and oxygen atoms in total. The average molecular weight is 480 g/mol. The van der Waals surface area contributed by atoms with E-state index in [1.807, 2.05) is 64.1 Å². The molecule has 186 valence electrons. The van der Waals surface area contributed by atoms with Gasteiger partial charge in [-0.1, -0.05) is 27.7 Å². The number of fused-ring (bicyclic) bond motifs is 2. The third-order valence-electron chi connectivity index (χ3n) is 7.49. The molecular weight excluding hydrogens is 447 g/mol. The van der Waals surface area contributed by atoms with Crippen LogP contribution in [0.15, 0.2) is 36.4 Å². The van der Waals surface area contributed by atoms with Crippen LogP contribution in [0.2, 0.25) is 0 Å². The Morgan fingerprint density at radius 3 is 1.43 bits per heavy atom. The van der Waals surface area contributed by atoms with Crippen LogP contribution in [0.25, 0.3) is 0 Å². The fraction of sp³-hybridized carbons (Fsp3) is 0.462. The molecule has 0 spiro atoms. The van der Waals surface area contributed by atoms with Crippen molar-refractivity contribution in [3.05, 3.63) is 47.5 Å². The van der Waals surface area contributed by atoms with Crippen molar-refractivity contribution < 1.29 is 28.4 Å². The van der Waals surface area contributed by atoms with Gasteiger partial charge in [0.2, 0.25) is 0 Å². The minimum absolute atomic E-state index is 0.000667. The highest BCUT2D eigenvalue weighted by Crippen LogP contribution is 2.45. The summed E-state index contributed by atoms with van der Waals surface area (Å²) < 4.78 is 23.5. The largest absolute Gasteiger partial charge is 0.576 e. The molecule has 2 aromatic rings. The van der Waals surface area contributed by atoms with Crippen molar-refractivity contribution in [2.45, 2.75) is 64.6 Å². The molecular formula is C26H33BN2O6. The molecule has 2 aliphatic heterocycles. The number of amides is 2. The zero-order chi connectivity index (χ0) is 25.4. The van der Waals surface area contributed by atoms with E-state index < -0.39 is 11.2 Å². The van der Waals surface area contributed by atoms with Crippen LogP contribution in [0.5, 0.6) is 11.5 Å². The lowest BCUT2D eigenvalue weighted by molar-refractivity contribution is -0.000827. The topological polar surface area (TPSA) is 77.5 Å². The predicted octanol–water partition coefficient (Wildman–Crippen LogP) is 5.61. The second-order valence-electron chi connectivity index (χ2n) is 9.02. The molecule has 0 saturated carbocycles. The second-order valence-corrected chi connectivity index (χ2v) is 9.02. The zero-order valence-corrected chi connectivity index (χ0v) is 21.3. The molecule has 2 amide bonds. The summed E-state index contributed by atoms with van der Waals surface area (Å²) in [7, 11) is 3.41. The highest BCUT2D eigenvalue weighted by atomic mass is 16.6. The van der Waals surface area contributed by atoms with E-state index in [0.717, 1.165) is 22.5 Å². The lowest BCUT2D eigenvalue weighted by Gasteiger charge is -2.41. The summed E-state index contributed by atoms with van der Waals surface area (Å²) in [5.41, 5.74) is 2.15. The molecule has 0 bridgehead atoms. The van der Waals surface area contributed by atoms with Gasteiger partial charge < -0.3 is 18.8 Å². The van der Waals surface area contributed by atoms with Crippen LogP contribution in [0.1, 0.15) is 64.5 Å². The van der Waals surface area contributed by atoms with Crippen LogP contribution in [0.3, 0.4) is 0 Å². The molecule has 35 heavy (non-hydrogen) atoms. The first kappa shape index (κ1) is 24.8. The molecule has 0 unspecified atom stereocenters. The summed E-state index contributed by atoms with van der Waals surface area (Å²) in [6.45, 7) is 8.06. The normalized spacial score (nSPS) is 17.7. The Hall–Kier alpha value is -3.36. The van der Waals surface area contributed by atoms with Crippen molar-refractivity contribution in [1.29, 1.82) is 0 Å². The maximum absolute atomic E-state index is 12.4. The van der Waals surface area contributed by atoms with E-state index in [0.29, 0.717) is 37.2 Å². The first-order valence-electron chi connectivity index (χ1n) is 12.2. The monoisotopic (exact) mass is 480 g/mol. The van der Waals surface area contributed by atoms with Crippen LogP contribution in [-0.4, -0.2) is 34.0 Å². The number of nitrogens with zero attached hydrogens (tertiary/aromatic N) is 2. The molecule has 0 N–H and O–H groups in total. The summed E-state index contributed by atoms with van der Waals surface area (Å²) in [6, 6.07) is 11.3. The fourth-order valence-electron chi connectivity index (χ4n) is 5.02. The van der Waals surface area contributed by atoms with Gasteiger partial charge in [0, 0.05) is 25.2 Å². The number of benzene rings is 2. The van der Waals surface area contributed by atoms with Crippen LogP contribution in [-0.2, 0) is 20.7 Å². The third-order valence-corrected chi connectivity index (χ3v) is 7.49. The Balaban J connectivity index is 1.54. The van der Waals surface area contributed by atoms with E-state index in [9.17, 15) is 9.59 Å². The van der Waals surface area contributed by atoms with Gasteiger partial charge >= 0.3 is 19.9 Å². The molecule has 0 fully saturated rings. The lowest BCUT2D eigenvalue weighted by atomic mass is 9.85. The molecule has 2 aromatic carbocycles. The summed E-state index contributed by atoms with van der Waals surface area (Å²) in [6.07, 6.45) is 1.97. The van der Waals surface area contributed by atoms with E-state index in [1.54, 1.807) is 14.1 Å². The molecule has 0 saturated heterocycles. The SMILES string of the molecule is CCC1(CC)OC(=O)N(C)c2ccc(OBOc3ccc4c(c3)C(CC)(CC)OC(=O)N4C)cc21. The van der Waals surface area contributed by atoms with Crippen molar-refractivity contribution in [1.82, 2.24) is 0 Å². The van der Waals surface area contributed by atoms with Crippen LogP contribution in [0, 0.1) is 0 Å². The third kappa shape index (κ3) is 4.07. The van der Waals surface area contributed by atoms with E-state index in [1.165, 1.54) is 9.80 Å². The van der Waals surface area contributed by atoms with Crippen LogP contribution in [0.4, 0.5) is 21.0 Å². The van der Waals surface area contributed by atoms with Crippen molar-refractivity contribution in [3.63, 3.8) is 0 Å². The summed E-state index contributed by atoms with van der Waals surface area (Å²) >= 11 is 0. The Kier molecular flexibility index (Phi) is 6.62. The molecule has 2 aliphatic rings. The van der Waals surface area contributed by atoms with Gasteiger partial charge in [0.05, 0.1) is 11.4 Å². The van der Waals surface area contributed by atoms with Gasteiger partial charge in [-0.3, -0.25) is 9.80 Å². The Labute approximate surface area is 207 Å². The molecule has 0 atom stereocenters. The van der Waals surface area contributed by atoms with Gasteiger partial charge in [0.1, 0.15) is 22.7 Å². The van der Waals surface area contributed by atoms with Gasteiger partial charge in [-0.2, -0.15) is 0 Å². The van der Waals surface area contributed by atoms with Gasteiger partial charge in [0.25, 0.3) is 0 Å². The van der Waals surface area contributed by atoms with Crippen molar-refractivity contribution in [3.8, 4) is 11.5 Å². The standard InChI is InChI=1S/C26H33BN2O6/c1-7-25(8-2)19-15-17(11-13-21(19)28(5)23(30)32-25)34-27-35-18-12-14-22-20(16-18)26(9-3,10-4)33-24(31)29(22)6/h11-16,27H,7-10H2,1-6H3. The number of cyclic esters (lactones) is 2. The highest BCUT2D eigenvalue weighted by Gasteiger charge is 2.43. The molecule has 4 rings (SSSR count). The average Bonchev–Trinajstić information content (AvgIpc) is 2.88. The Morgan fingerprint density at radius 1 is 0.714 bits per heavy atom. The fourth-order valence-corrected chi connectivity index (χ4v) is 5.02. The number of hydrogen-bond acceptors (Lipinski definition) is 6. The predicted molar refractivity (Wildman–Crippen MR) is 136 cm³/mol. The summed E-state index contributed by atoms with van der Waals surface area (Å²) in [5, 5.41) is 0. The maximum Gasteiger partial charge on any atom is 0.576 e. The van der Waals surface area contributed by atoms with Crippen LogP contribution < -0.4 is 19.1 Å². The van der Waals surface area contributed by atoms with E-state index in [-0.39, 0.29) is 19.9 Å². The minimum atomic E-state index is -0.676. The number of hydrogen-bond donors (Lipinski definition) is 0. The highest BCUT2D eigenvalue weighted by molar-refractivity contribution is 6.20. The molecule has 0 aromatic heterocycles. The Bertz CT molecular complexity index is 1040. The van der Waals surface area contributed by atoms with Crippen molar-refractivity contribution >= 4 is 31.2 Å². The quantitative estimate of drug-likeness (QED) is 0.457. The van der Waals surface area contributed by atoms with Crippen molar-refractivity contribution in [2.24, 2.45) is 0 Å².